The molecule has 2 rings (SSSR count). The number of nitrogens with one attached hydrogen (secondary N) is 2. The van der Waals surface area contributed by atoms with Gasteiger partial charge in [0.2, 0.25) is 11.8 Å². The number of methoxy groups -OCH3 is 1. The third-order valence-electron chi connectivity index (χ3n) is 8.38. The fourth-order valence-electron chi connectivity index (χ4n) is 5.49. The van der Waals surface area contributed by atoms with Gasteiger partial charge in [-0.25, -0.2) is 4.79 Å². The van der Waals surface area contributed by atoms with Gasteiger partial charge in [0.25, 0.3) is 0 Å². The lowest BCUT2D eigenvalue weighted by Crippen LogP contribution is -2.63. The molecule has 43 heavy (non-hydrogen) atoms. The summed E-state index contributed by atoms with van der Waals surface area (Å²) in [6.45, 7) is 15.6. The van der Waals surface area contributed by atoms with Crippen LogP contribution in [0, 0.1) is 5.92 Å². The van der Waals surface area contributed by atoms with Gasteiger partial charge in [-0.3, -0.25) is 9.59 Å². The molecule has 0 aliphatic rings. The van der Waals surface area contributed by atoms with Gasteiger partial charge in [-0.1, -0.05) is 90.1 Å². The lowest BCUT2D eigenvalue weighted by Gasteiger charge is -2.41. The van der Waals surface area contributed by atoms with E-state index in [-0.39, 0.29) is 24.3 Å². The second-order valence-electron chi connectivity index (χ2n) is 12.5. The lowest BCUT2D eigenvalue weighted by molar-refractivity contribution is -0.140. The molecule has 0 aliphatic carbocycles. The molecule has 8 heteroatoms. The highest BCUT2D eigenvalue weighted by Crippen LogP contribution is 2.32. The van der Waals surface area contributed by atoms with Gasteiger partial charge in [-0.15, -0.1) is 0 Å². The fraction of sp³-hybridized carbons (Fsp3) is 0.514. The number of esters is 1. The van der Waals surface area contributed by atoms with Crippen molar-refractivity contribution in [3.05, 3.63) is 77.4 Å². The fourth-order valence-corrected chi connectivity index (χ4v) is 5.49. The van der Waals surface area contributed by atoms with E-state index in [9.17, 15) is 14.4 Å². The average molecular weight is 594 g/mol. The van der Waals surface area contributed by atoms with Gasteiger partial charge in [-0.2, -0.15) is 0 Å². The zero-order chi connectivity index (χ0) is 32.5. The molecule has 2 N–H and O–H groups in total. The number of benzene rings is 2. The molecule has 0 radical (unpaired) electrons. The number of carbonyl (C=O) groups excluding carboxylic acids is 3. The van der Waals surface area contributed by atoms with E-state index in [2.05, 4.69) is 10.6 Å². The summed E-state index contributed by atoms with van der Waals surface area (Å²) in [7, 11) is 5.07. The zero-order valence-corrected chi connectivity index (χ0v) is 27.8. The third kappa shape index (κ3) is 8.47. The molecule has 2 aromatic carbocycles. The molecule has 0 saturated carbocycles. The molecular formula is C35H51N3O5. The van der Waals surface area contributed by atoms with E-state index >= 15 is 0 Å². The summed E-state index contributed by atoms with van der Waals surface area (Å²) in [5.74, 6) is -0.293. The van der Waals surface area contributed by atoms with Gasteiger partial charge in [-0.05, 0) is 50.1 Å². The first kappa shape index (κ1) is 35.5. The number of nitrogens with zero attached hydrogens (tertiary/aromatic N) is 1. The molecule has 0 unspecified atom stereocenters. The minimum absolute atomic E-state index is 0.0131. The lowest BCUT2D eigenvalue weighted by atomic mass is 9.75. The SMILES string of the molecule is CCOC(=O)C(C)=C[C@H](C(C)C)N(C)C(=O)[C@@H](NC(=O)[C@@H](NC)C(C)(C)c1ccccc1)C(C)(C)c1ccc(OC)cc1. The summed E-state index contributed by atoms with van der Waals surface area (Å²) >= 11 is 0. The summed E-state index contributed by atoms with van der Waals surface area (Å²) in [6, 6.07) is 15.4. The quantitative estimate of drug-likeness (QED) is 0.236. The maximum Gasteiger partial charge on any atom is 0.333 e. The van der Waals surface area contributed by atoms with Gasteiger partial charge in [0.1, 0.15) is 11.8 Å². The Kier molecular flexibility index (Phi) is 12.6. The second-order valence-corrected chi connectivity index (χ2v) is 12.5. The van der Waals surface area contributed by atoms with Crippen molar-refractivity contribution >= 4 is 17.8 Å². The topological polar surface area (TPSA) is 97.0 Å². The van der Waals surface area contributed by atoms with Gasteiger partial charge >= 0.3 is 5.97 Å². The first-order chi connectivity index (χ1) is 20.1. The highest BCUT2D eigenvalue weighted by molar-refractivity contribution is 5.92. The first-order valence-corrected chi connectivity index (χ1v) is 14.9. The molecule has 2 amide bonds. The van der Waals surface area contributed by atoms with Gasteiger partial charge in [0.05, 0.1) is 25.8 Å². The van der Waals surface area contributed by atoms with Crippen LogP contribution < -0.4 is 15.4 Å². The van der Waals surface area contributed by atoms with Crippen molar-refractivity contribution in [1.82, 2.24) is 15.5 Å². The van der Waals surface area contributed by atoms with Gasteiger partial charge in [0.15, 0.2) is 0 Å². The van der Waals surface area contributed by atoms with Crippen molar-refractivity contribution in [1.29, 1.82) is 0 Å². The summed E-state index contributed by atoms with van der Waals surface area (Å²) < 4.78 is 10.5. The van der Waals surface area contributed by atoms with Crippen LogP contribution in [0.15, 0.2) is 66.2 Å². The molecule has 0 bridgehead atoms. The highest BCUT2D eigenvalue weighted by atomic mass is 16.5. The molecule has 0 aliphatic heterocycles. The molecule has 0 aromatic heterocycles. The number of carbonyl (C=O) groups is 3. The monoisotopic (exact) mass is 593 g/mol. The van der Waals surface area contributed by atoms with E-state index in [0.717, 1.165) is 11.1 Å². The standard InChI is InChI=1S/C35H51N3O5/c1-12-43-33(41)24(4)22-28(23(2)3)38(10)32(40)30(35(7,8)26-18-20-27(42-11)21-19-26)37-31(39)29(36-9)34(5,6)25-16-14-13-15-17-25/h13-23,28-30,36H,12H2,1-11H3,(H,37,39)/t28-,29-,30-/m1/s1. The predicted octanol–water partition coefficient (Wildman–Crippen LogP) is 5.02. The van der Waals surface area contributed by atoms with Crippen molar-refractivity contribution in [2.24, 2.45) is 5.92 Å². The van der Waals surface area contributed by atoms with Crippen LogP contribution >= 0.6 is 0 Å². The molecule has 236 valence electrons. The third-order valence-corrected chi connectivity index (χ3v) is 8.38. The van der Waals surface area contributed by atoms with E-state index in [0.29, 0.717) is 11.3 Å². The Labute approximate surface area is 258 Å². The van der Waals surface area contributed by atoms with E-state index in [1.165, 1.54) is 0 Å². The molecule has 0 fully saturated rings. The number of likely N-dealkylation sites (N-methyl/N-ethyl adjacent to an activating group) is 2. The Bertz CT molecular complexity index is 1250. The molecule has 3 atom stereocenters. The average Bonchev–Trinajstić information content (AvgIpc) is 2.98. The summed E-state index contributed by atoms with van der Waals surface area (Å²) in [5.41, 5.74) is 0.893. The number of ether oxygens (including phenoxy) is 2. The first-order valence-electron chi connectivity index (χ1n) is 14.9. The van der Waals surface area contributed by atoms with E-state index in [1.54, 1.807) is 46.0 Å². The van der Waals surface area contributed by atoms with Crippen molar-refractivity contribution in [3.63, 3.8) is 0 Å². The molecule has 0 spiro atoms. The van der Waals surface area contributed by atoms with Crippen molar-refractivity contribution in [2.45, 2.75) is 84.3 Å². The molecule has 8 nitrogen and oxygen atoms in total. The van der Waals surface area contributed by atoms with Crippen LogP contribution in [0.5, 0.6) is 5.75 Å². The van der Waals surface area contributed by atoms with Crippen LogP contribution in [0.25, 0.3) is 0 Å². The van der Waals surface area contributed by atoms with Gasteiger partial charge in [0, 0.05) is 23.5 Å². The van der Waals surface area contributed by atoms with Crippen LogP contribution in [0.1, 0.15) is 66.5 Å². The second kappa shape index (κ2) is 15.2. The van der Waals surface area contributed by atoms with Crippen LogP contribution in [0.3, 0.4) is 0 Å². The number of rotatable bonds is 14. The Morgan fingerprint density at radius 2 is 1.44 bits per heavy atom. The Morgan fingerprint density at radius 3 is 1.93 bits per heavy atom. The molecule has 2 aromatic rings. The van der Waals surface area contributed by atoms with E-state index in [4.69, 9.17) is 9.47 Å². The normalized spacial score (nSPS) is 14.5. The van der Waals surface area contributed by atoms with Crippen LogP contribution in [0.4, 0.5) is 0 Å². The predicted molar refractivity (Wildman–Crippen MR) is 172 cm³/mol. The van der Waals surface area contributed by atoms with Crippen molar-refractivity contribution in [3.8, 4) is 5.75 Å². The van der Waals surface area contributed by atoms with Gasteiger partial charge < -0.3 is 25.0 Å². The minimum Gasteiger partial charge on any atom is -0.497 e. The summed E-state index contributed by atoms with van der Waals surface area (Å²) in [6.07, 6.45) is 1.77. The largest absolute Gasteiger partial charge is 0.497 e. The van der Waals surface area contributed by atoms with Crippen LogP contribution in [0.2, 0.25) is 0 Å². The molecule has 0 heterocycles. The molecule has 0 saturated heterocycles. The Morgan fingerprint density at radius 1 is 0.907 bits per heavy atom. The minimum atomic E-state index is -0.932. The Hall–Kier alpha value is -3.65. The molecular weight excluding hydrogens is 542 g/mol. The summed E-state index contributed by atoms with van der Waals surface area (Å²) in [4.78, 5) is 42.7. The summed E-state index contributed by atoms with van der Waals surface area (Å²) in [5, 5.41) is 6.34. The zero-order valence-electron chi connectivity index (χ0n) is 27.8. The van der Waals surface area contributed by atoms with Crippen molar-refractivity contribution < 1.29 is 23.9 Å². The van der Waals surface area contributed by atoms with Crippen LogP contribution in [-0.4, -0.2) is 68.6 Å². The highest BCUT2D eigenvalue weighted by Gasteiger charge is 2.44. The van der Waals surface area contributed by atoms with E-state index < -0.39 is 34.9 Å². The maximum atomic E-state index is 14.5. The van der Waals surface area contributed by atoms with Crippen molar-refractivity contribution in [2.75, 3.05) is 27.8 Å². The van der Waals surface area contributed by atoms with E-state index in [1.807, 2.05) is 96.1 Å². The number of hydrogen-bond donors (Lipinski definition) is 2. The maximum absolute atomic E-state index is 14.5. The smallest absolute Gasteiger partial charge is 0.333 e. The number of hydrogen-bond acceptors (Lipinski definition) is 6. The Balaban J connectivity index is 2.58. The number of amides is 2. The van der Waals surface area contributed by atoms with Crippen LogP contribution in [-0.2, 0) is 30.0 Å².